The van der Waals surface area contributed by atoms with Gasteiger partial charge in [0.05, 0.1) is 23.3 Å². The van der Waals surface area contributed by atoms with Crippen LogP contribution in [0.15, 0.2) is 64.4 Å². The van der Waals surface area contributed by atoms with E-state index in [9.17, 15) is 36.0 Å². The molecule has 0 aliphatic carbocycles. The molecule has 0 saturated carbocycles. The molecule has 2 aromatic carbocycles. The van der Waals surface area contributed by atoms with E-state index in [0.717, 1.165) is 33.8 Å². The summed E-state index contributed by atoms with van der Waals surface area (Å²) in [6, 6.07) is 9.23. The molecule has 15 heteroatoms. The minimum absolute atomic E-state index is 0.00305. The van der Waals surface area contributed by atoms with Gasteiger partial charge >= 0.3 is 12.1 Å². The van der Waals surface area contributed by atoms with Crippen LogP contribution in [0.25, 0.3) is 0 Å². The Morgan fingerprint density at radius 3 is 2.32 bits per heavy atom. The van der Waals surface area contributed by atoms with Gasteiger partial charge in [-0.3, -0.25) is 14.6 Å². The average Bonchev–Trinajstić information content (AvgIpc) is 2.99. The zero-order valence-electron chi connectivity index (χ0n) is 24.2. The number of carbonyl (C=O) groups is 2. The maximum absolute atomic E-state index is 13.6. The third-order valence-corrected chi connectivity index (χ3v) is 9.04. The van der Waals surface area contributed by atoms with E-state index in [1.807, 2.05) is 38.1 Å². The van der Waals surface area contributed by atoms with E-state index >= 15 is 0 Å². The maximum atomic E-state index is 13.6. The number of alkyl halides is 3. The summed E-state index contributed by atoms with van der Waals surface area (Å²) in [5.74, 6) is -1.22. The number of piperazine rings is 1. The number of benzene rings is 2. The lowest BCUT2D eigenvalue weighted by Crippen LogP contribution is -2.60. The highest BCUT2D eigenvalue weighted by atomic mass is 32.2. The molecular weight excluding hydrogens is 603 g/mol. The second-order valence-corrected chi connectivity index (χ2v) is 12.3. The third kappa shape index (κ3) is 7.27. The van der Waals surface area contributed by atoms with Gasteiger partial charge in [-0.25, -0.2) is 18.2 Å². The van der Waals surface area contributed by atoms with E-state index in [1.54, 1.807) is 6.92 Å². The summed E-state index contributed by atoms with van der Waals surface area (Å²) in [5.41, 5.74) is -0.239. The maximum Gasteiger partial charge on any atom is 0.416 e. The Balaban J connectivity index is 1.62. The van der Waals surface area contributed by atoms with Crippen LogP contribution in [0.5, 0.6) is 0 Å². The Morgan fingerprint density at radius 1 is 1.09 bits per heavy atom. The number of rotatable bonds is 9. The second-order valence-electron chi connectivity index (χ2n) is 10.4. The molecule has 0 spiro atoms. The lowest BCUT2D eigenvalue weighted by molar-refractivity contribution is -0.137. The molecule has 0 unspecified atom stereocenters. The molecule has 2 heterocycles. The highest BCUT2D eigenvalue weighted by Crippen LogP contribution is 2.31. The summed E-state index contributed by atoms with van der Waals surface area (Å²) >= 11 is 0. The third-order valence-electron chi connectivity index (χ3n) is 7.12. The van der Waals surface area contributed by atoms with E-state index in [2.05, 4.69) is 15.3 Å². The standard InChI is InChI=1S/C29H32F3N5O6S/c1-4-43-27(40)23-16-34-28(35-25(23)38)36-13-14-37(44(41,42)22-11-9-21(10-12-22)29(30,31)32)24(17-36)26(39)33-15-19-5-7-20(8-6-19)18(2)3/h5-12,16,18,24H,4,13-15,17H2,1-3H3,(H,33,39)(H,34,35,38)/t24-/m1/s1. The number of esters is 1. The molecule has 0 radical (unpaired) electrons. The van der Waals surface area contributed by atoms with Crippen LogP contribution in [0.2, 0.25) is 0 Å². The van der Waals surface area contributed by atoms with Crippen molar-refractivity contribution in [1.29, 1.82) is 0 Å². The van der Waals surface area contributed by atoms with Crippen LogP contribution in [-0.2, 0) is 32.3 Å². The van der Waals surface area contributed by atoms with Gasteiger partial charge in [-0.15, -0.1) is 0 Å². The number of aromatic amines is 1. The smallest absolute Gasteiger partial charge is 0.416 e. The summed E-state index contributed by atoms with van der Waals surface area (Å²) in [7, 11) is -4.43. The fourth-order valence-corrected chi connectivity index (χ4v) is 6.21. The number of nitrogens with zero attached hydrogens (tertiary/aromatic N) is 3. The fraction of sp³-hybridized carbons (Fsp3) is 0.379. The van der Waals surface area contributed by atoms with Crippen molar-refractivity contribution < 1.29 is 35.9 Å². The molecule has 3 aromatic rings. The normalized spacial score (nSPS) is 16.2. The summed E-state index contributed by atoms with van der Waals surface area (Å²) in [4.78, 5) is 45.8. The van der Waals surface area contributed by atoms with Gasteiger partial charge in [0.1, 0.15) is 11.6 Å². The van der Waals surface area contributed by atoms with Gasteiger partial charge in [-0.2, -0.15) is 17.5 Å². The Hall–Kier alpha value is -4.24. The topological polar surface area (TPSA) is 142 Å². The van der Waals surface area contributed by atoms with Gasteiger partial charge in [0.25, 0.3) is 5.56 Å². The van der Waals surface area contributed by atoms with E-state index in [4.69, 9.17) is 4.74 Å². The number of amides is 1. The van der Waals surface area contributed by atoms with Crippen molar-refractivity contribution in [1.82, 2.24) is 19.6 Å². The van der Waals surface area contributed by atoms with E-state index in [-0.39, 0.29) is 44.3 Å². The number of halogens is 3. The van der Waals surface area contributed by atoms with E-state index in [0.29, 0.717) is 18.1 Å². The summed E-state index contributed by atoms with van der Waals surface area (Å²) in [6.07, 6.45) is -3.62. The predicted molar refractivity (Wildman–Crippen MR) is 155 cm³/mol. The number of nitrogens with one attached hydrogen (secondary N) is 2. The molecule has 1 amide bonds. The molecule has 44 heavy (non-hydrogen) atoms. The second kappa shape index (κ2) is 13.2. The van der Waals surface area contributed by atoms with Crippen LogP contribution in [0.3, 0.4) is 0 Å². The van der Waals surface area contributed by atoms with Gasteiger partial charge < -0.3 is 15.0 Å². The molecule has 4 rings (SSSR count). The molecule has 1 saturated heterocycles. The van der Waals surface area contributed by atoms with Gasteiger partial charge in [0, 0.05) is 26.2 Å². The molecule has 1 fully saturated rings. The molecule has 2 N–H and O–H groups in total. The lowest BCUT2D eigenvalue weighted by Gasteiger charge is -2.39. The molecule has 1 aliphatic rings. The van der Waals surface area contributed by atoms with E-state index < -0.39 is 50.1 Å². The monoisotopic (exact) mass is 635 g/mol. The first-order valence-corrected chi connectivity index (χ1v) is 15.2. The van der Waals surface area contributed by atoms with Crippen molar-refractivity contribution in [3.05, 3.63) is 87.3 Å². The van der Waals surface area contributed by atoms with Gasteiger partial charge in [-0.1, -0.05) is 38.1 Å². The van der Waals surface area contributed by atoms with Crippen molar-refractivity contribution in [3.63, 3.8) is 0 Å². The predicted octanol–water partition coefficient (Wildman–Crippen LogP) is 3.28. The van der Waals surface area contributed by atoms with Gasteiger partial charge in [0.2, 0.25) is 21.9 Å². The number of ether oxygens (including phenoxy) is 1. The summed E-state index contributed by atoms with van der Waals surface area (Å²) < 4.78 is 72.3. The first-order valence-electron chi connectivity index (χ1n) is 13.8. The number of carbonyl (C=O) groups excluding carboxylic acids is 2. The zero-order chi connectivity index (χ0) is 32.2. The number of sulfonamides is 1. The lowest BCUT2D eigenvalue weighted by atomic mass is 10.0. The molecule has 11 nitrogen and oxygen atoms in total. The molecular formula is C29H32F3N5O6S. The zero-order valence-corrected chi connectivity index (χ0v) is 25.0. The average molecular weight is 636 g/mol. The van der Waals surface area contributed by atoms with Gasteiger partial charge in [0.15, 0.2) is 0 Å². The number of anilines is 1. The first kappa shape index (κ1) is 32.7. The number of aromatic nitrogens is 2. The largest absolute Gasteiger partial charge is 0.462 e. The van der Waals surface area contributed by atoms with Crippen molar-refractivity contribution in [2.75, 3.05) is 31.1 Å². The SMILES string of the molecule is CCOC(=O)c1cnc(N2CCN(S(=O)(=O)c3ccc(C(F)(F)F)cc3)[C@@H](C(=O)NCc3ccc(C(C)C)cc3)C2)[nH]c1=O. The quantitative estimate of drug-likeness (QED) is 0.342. The Morgan fingerprint density at radius 2 is 1.75 bits per heavy atom. The molecule has 1 aliphatic heterocycles. The van der Waals surface area contributed by atoms with Crippen LogP contribution < -0.4 is 15.8 Å². The van der Waals surface area contributed by atoms with Crippen LogP contribution in [-0.4, -0.2) is 66.9 Å². The number of hydrogen-bond acceptors (Lipinski definition) is 8. The minimum Gasteiger partial charge on any atom is -0.462 e. The highest BCUT2D eigenvalue weighted by Gasteiger charge is 2.41. The van der Waals surface area contributed by atoms with Crippen molar-refractivity contribution >= 4 is 27.8 Å². The van der Waals surface area contributed by atoms with Crippen LogP contribution in [0.4, 0.5) is 19.1 Å². The van der Waals surface area contributed by atoms with Gasteiger partial charge in [-0.05, 0) is 48.2 Å². The molecule has 236 valence electrons. The summed E-state index contributed by atoms with van der Waals surface area (Å²) in [5, 5.41) is 2.75. The molecule has 1 aromatic heterocycles. The molecule has 1 atom stereocenters. The Labute approximate surface area is 252 Å². The number of H-pyrrole nitrogens is 1. The Bertz CT molecular complexity index is 1660. The van der Waals surface area contributed by atoms with Crippen molar-refractivity contribution in [2.45, 2.75) is 50.3 Å². The van der Waals surface area contributed by atoms with Crippen LogP contribution >= 0.6 is 0 Å². The number of hydrogen-bond donors (Lipinski definition) is 2. The van der Waals surface area contributed by atoms with Crippen LogP contribution in [0, 0.1) is 0 Å². The van der Waals surface area contributed by atoms with E-state index in [1.165, 1.54) is 4.90 Å². The minimum atomic E-state index is -4.66. The molecule has 0 bridgehead atoms. The van der Waals surface area contributed by atoms with Crippen molar-refractivity contribution in [2.24, 2.45) is 0 Å². The fourth-order valence-electron chi connectivity index (χ4n) is 4.64. The van der Waals surface area contributed by atoms with Crippen molar-refractivity contribution in [3.8, 4) is 0 Å². The highest BCUT2D eigenvalue weighted by molar-refractivity contribution is 7.89. The first-order chi connectivity index (χ1) is 20.7. The Kier molecular flexibility index (Phi) is 9.78. The van der Waals surface area contributed by atoms with Crippen LogP contribution in [0.1, 0.15) is 53.7 Å². The summed E-state index contributed by atoms with van der Waals surface area (Å²) in [6.45, 7) is 5.28.